The number of hydrogen-bond donors (Lipinski definition) is 0. The zero-order valence-corrected chi connectivity index (χ0v) is 15.5. The normalized spacial score (nSPS) is 17.5. The smallest absolute Gasteiger partial charge is 0.340 e. The Labute approximate surface area is 152 Å². The number of nitrogens with zero attached hydrogens (tertiary/aromatic N) is 3. The van der Waals surface area contributed by atoms with Gasteiger partial charge in [0, 0.05) is 6.20 Å². The van der Waals surface area contributed by atoms with Gasteiger partial charge in [-0.1, -0.05) is 36.2 Å². The van der Waals surface area contributed by atoms with Gasteiger partial charge in [0.1, 0.15) is 4.90 Å². The summed E-state index contributed by atoms with van der Waals surface area (Å²) in [5, 5.41) is 6.33. The van der Waals surface area contributed by atoms with Crippen molar-refractivity contribution in [3.63, 3.8) is 0 Å². The fourth-order valence-electron chi connectivity index (χ4n) is 2.48. The Kier molecular flexibility index (Phi) is 4.96. The molecule has 0 spiro atoms. The Balaban J connectivity index is 1.88. The third kappa shape index (κ3) is 3.77. The number of pyridine rings is 1. The van der Waals surface area contributed by atoms with E-state index in [9.17, 15) is 8.42 Å². The Bertz CT molecular complexity index is 898. The summed E-state index contributed by atoms with van der Waals surface area (Å²) in [6.07, 6.45) is 2.29. The molecule has 0 saturated heterocycles. The minimum Gasteiger partial charge on any atom is -0.361 e. The van der Waals surface area contributed by atoms with Gasteiger partial charge in [-0.25, -0.2) is 9.99 Å². The molecular weight excluding hydrogens is 362 g/mol. The van der Waals surface area contributed by atoms with Crippen molar-refractivity contribution in [2.75, 3.05) is 11.6 Å². The fourth-order valence-corrected chi connectivity index (χ4v) is 3.66. The zero-order valence-electron chi connectivity index (χ0n) is 13.9. The van der Waals surface area contributed by atoms with Crippen LogP contribution in [0.15, 0.2) is 52.6 Å². The van der Waals surface area contributed by atoms with E-state index in [4.69, 9.17) is 15.8 Å². The monoisotopic (exact) mass is 379 g/mol. The van der Waals surface area contributed by atoms with Gasteiger partial charge in [-0.15, -0.1) is 5.10 Å². The van der Waals surface area contributed by atoms with E-state index in [1.807, 2.05) is 13.8 Å². The summed E-state index contributed by atoms with van der Waals surface area (Å²) in [5.41, 5.74) is 0.972. The lowest BCUT2D eigenvalue weighted by Gasteiger charge is -2.14. The first-order chi connectivity index (χ1) is 11.9. The highest BCUT2D eigenvalue weighted by Gasteiger charge is 2.33. The second-order valence-electron chi connectivity index (χ2n) is 5.78. The van der Waals surface area contributed by atoms with E-state index in [0.29, 0.717) is 23.8 Å². The van der Waals surface area contributed by atoms with Crippen molar-refractivity contribution in [2.24, 2.45) is 11.0 Å². The molecule has 2 aromatic rings. The number of anilines is 1. The van der Waals surface area contributed by atoms with E-state index in [-0.39, 0.29) is 16.7 Å². The topological polar surface area (TPSA) is 71.9 Å². The minimum absolute atomic E-state index is 0.102. The second kappa shape index (κ2) is 7.01. The summed E-state index contributed by atoms with van der Waals surface area (Å²) >= 11 is 6.15. The Morgan fingerprint density at radius 3 is 2.64 bits per heavy atom. The molecule has 0 radical (unpaired) electrons. The van der Waals surface area contributed by atoms with Gasteiger partial charge < -0.3 is 4.18 Å². The molecule has 0 bridgehead atoms. The lowest BCUT2D eigenvalue weighted by Crippen LogP contribution is -2.22. The molecule has 132 valence electrons. The lowest BCUT2D eigenvalue weighted by atomic mass is 10.1. The van der Waals surface area contributed by atoms with Crippen molar-refractivity contribution in [1.29, 1.82) is 0 Å². The lowest BCUT2D eigenvalue weighted by molar-refractivity contribution is 0.459. The molecule has 3 rings (SSSR count). The molecular formula is C17H18ClN3O3S. The molecule has 25 heavy (non-hydrogen) atoms. The van der Waals surface area contributed by atoms with Crippen LogP contribution in [0.5, 0.6) is 0 Å². The van der Waals surface area contributed by atoms with Crippen molar-refractivity contribution in [2.45, 2.75) is 25.2 Å². The molecule has 1 aromatic heterocycles. The van der Waals surface area contributed by atoms with E-state index in [1.54, 1.807) is 35.5 Å². The van der Waals surface area contributed by atoms with Gasteiger partial charge in [-0.05, 0) is 37.6 Å². The van der Waals surface area contributed by atoms with Crippen LogP contribution in [-0.2, 0) is 14.3 Å². The second-order valence-corrected chi connectivity index (χ2v) is 7.74. The molecule has 1 aliphatic heterocycles. The maximum absolute atomic E-state index is 12.5. The van der Waals surface area contributed by atoms with Crippen LogP contribution in [-0.4, -0.2) is 25.8 Å². The number of hydrazone groups is 1. The summed E-state index contributed by atoms with van der Waals surface area (Å²) in [7, 11) is -3.93. The molecule has 8 heteroatoms. The van der Waals surface area contributed by atoms with E-state index in [0.717, 1.165) is 5.56 Å². The van der Waals surface area contributed by atoms with Gasteiger partial charge in [-0.2, -0.15) is 8.42 Å². The average molecular weight is 380 g/mol. The van der Waals surface area contributed by atoms with Crippen LogP contribution >= 0.6 is 11.6 Å². The molecule has 6 nitrogen and oxygen atoms in total. The van der Waals surface area contributed by atoms with Gasteiger partial charge >= 0.3 is 10.1 Å². The van der Waals surface area contributed by atoms with Crippen LogP contribution in [0, 0.1) is 12.8 Å². The SMILES string of the molecule is CCC1CN(c2ncccc2Cl)N=C1OS(=O)(=O)c1ccc(C)cc1. The van der Waals surface area contributed by atoms with E-state index in [2.05, 4.69) is 10.1 Å². The first-order valence-corrected chi connectivity index (χ1v) is 9.67. The first-order valence-electron chi connectivity index (χ1n) is 7.88. The van der Waals surface area contributed by atoms with Crippen LogP contribution in [0.25, 0.3) is 0 Å². The van der Waals surface area contributed by atoms with Crippen LogP contribution in [0.2, 0.25) is 5.02 Å². The highest BCUT2D eigenvalue weighted by molar-refractivity contribution is 7.87. The molecule has 1 atom stereocenters. The molecule has 0 fully saturated rings. The molecule has 0 amide bonds. The van der Waals surface area contributed by atoms with Crippen molar-refractivity contribution in [1.82, 2.24) is 4.98 Å². The number of benzene rings is 1. The van der Waals surface area contributed by atoms with Crippen LogP contribution in [0.4, 0.5) is 5.82 Å². The maximum atomic E-state index is 12.5. The quantitative estimate of drug-likeness (QED) is 0.759. The minimum atomic E-state index is -3.93. The van der Waals surface area contributed by atoms with Gasteiger partial charge in [0.25, 0.3) is 0 Å². The molecule has 0 aliphatic carbocycles. The number of hydrogen-bond acceptors (Lipinski definition) is 6. The predicted molar refractivity (Wildman–Crippen MR) is 97.3 cm³/mol. The van der Waals surface area contributed by atoms with Gasteiger partial charge in [0.2, 0.25) is 5.90 Å². The van der Waals surface area contributed by atoms with E-state index in [1.165, 1.54) is 12.1 Å². The molecule has 0 N–H and O–H groups in total. The Hall–Kier alpha value is -2.12. The third-order valence-electron chi connectivity index (χ3n) is 3.94. The van der Waals surface area contributed by atoms with E-state index >= 15 is 0 Å². The summed E-state index contributed by atoms with van der Waals surface area (Å²) in [6.45, 7) is 4.30. The molecule has 0 saturated carbocycles. The van der Waals surface area contributed by atoms with Gasteiger partial charge in [-0.3, -0.25) is 0 Å². The average Bonchev–Trinajstić information content (AvgIpc) is 2.97. The van der Waals surface area contributed by atoms with E-state index < -0.39 is 10.1 Å². The number of rotatable bonds is 4. The predicted octanol–water partition coefficient (Wildman–Crippen LogP) is 3.61. The first kappa shape index (κ1) is 17.7. The summed E-state index contributed by atoms with van der Waals surface area (Å²) in [4.78, 5) is 4.31. The molecule has 1 aromatic carbocycles. The molecule has 2 heterocycles. The molecule has 1 aliphatic rings. The maximum Gasteiger partial charge on any atom is 0.340 e. The van der Waals surface area contributed by atoms with Gasteiger partial charge in [0.05, 0.1) is 17.5 Å². The van der Waals surface area contributed by atoms with Crippen LogP contribution in [0.1, 0.15) is 18.9 Å². The van der Waals surface area contributed by atoms with Crippen molar-refractivity contribution in [3.8, 4) is 0 Å². The van der Waals surface area contributed by atoms with Crippen molar-refractivity contribution >= 4 is 33.4 Å². The number of aryl methyl sites for hydroxylation is 1. The Morgan fingerprint density at radius 1 is 1.28 bits per heavy atom. The van der Waals surface area contributed by atoms with Crippen LogP contribution < -0.4 is 5.01 Å². The Morgan fingerprint density at radius 2 is 2.00 bits per heavy atom. The summed E-state index contributed by atoms with van der Waals surface area (Å²) < 4.78 is 30.3. The van der Waals surface area contributed by atoms with Crippen molar-refractivity contribution in [3.05, 3.63) is 53.2 Å². The largest absolute Gasteiger partial charge is 0.361 e. The standard InChI is InChI=1S/C17H18ClN3O3S/c1-3-13-11-21(16-15(18)5-4-10-19-16)20-17(13)24-25(22,23)14-8-6-12(2)7-9-14/h4-10,13H,3,11H2,1-2H3. The summed E-state index contributed by atoms with van der Waals surface area (Å²) in [5.74, 6) is 0.483. The van der Waals surface area contributed by atoms with Gasteiger partial charge in [0.15, 0.2) is 5.82 Å². The summed E-state index contributed by atoms with van der Waals surface area (Å²) in [6, 6.07) is 9.93. The van der Waals surface area contributed by atoms with Crippen molar-refractivity contribution < 1.29 is 12.6 Å². The van der Waals surface area contributed by atoms with Crippen LogP contribution in [0.3, 0.4) is 0 Å². The highest BCUT2D eigenvalue weighted by Crippen LogP contribution is 2.29. The highest BCUT2D eigenvalue weighted by atomic mass is 35.5. The third-order valence-corrected chi connectivity index (χ3v) is 5.48. The number of aromatic nitrogens is 1. The fraction of sp³-hybridized carbons (Fsp3) is 0.294. The number of halogens is 1. The zero-order chi connectivity index (χ0) is 18.0. The molecule has 1 unspecified atom stereocenters.